The lowest BCUT2D eigenvalue weighted by atomic mass is 10.2. The van der Waals surface area contributed by atoms with Gasteiger partial charge in [-0.15, -0.1) is 0 Å². The molecule has 0 saturated heterocycles. The fourth-order valence-corrected chi connectivity index (χ4v) is 1.48. The van der Waals surface area contributed by atoms with Gasteiger partial charge in [-0.05, 0) is 22.4 Å². The second kappa shape index (κ2) is 4.59. The van der Waals surface area contributed by atoms with Gasteiger partial charge in [0.05, 0.1) is 10.2 Å². The normalized spacial score (nSPS) is 10.3. The number of halogens is 1. The molecule has 0 unspecified atom stereocenters. The van der Waals surface area contributed by atoms with Gasteiger partial charge in [0.15, 0.2) is 0 Å². The molecule has 1 aromatic heterocycles. The number of rotatable bonds is 3. The van der Waals surface area contributed by atoms with Crippen LogP contribution in [0.3, 0.4) is 0 Å². The Morgan fingerprint density at radius 3 is 2.50 bits per heavy atom. The topological polar surface area (TPSA) is 55.0 Å². The molecule has 0 aliphatic heterocycles. The minimum Gasteiger partial charge on any atom is -0.383 e. The summed E-state index contributed by atoms with van der Waals surface area (Å²) < 4.78 is 0.824. The van der Waals surface area contributed by atoms with Crippen molar-refractivity contribution in [2.24, 2.45) is 0 Å². The van der Waals surface area contributed by atoms with Gasteiger partial charge in [0, 0.05) is 14.1 Å². The Kier molecular flexibility index (Phi) is 3.69. The molecule has 0 radical (unpaired) electrons. The van der Waals surface area contributed by atoms with E-state index in [1.807, 2.05) is 19.0 Å². The predicted octanol–water partition coefficient (Wildman–Crippen LogP) is 1.84. The Bertz CT molecular complexity index is 325. The lowest BCUT2D eigenvalue weighted by Crippen LogP contribution is -2.15. The second-order valence-corrected chi connectivity index (χ2v) is 4.11. The van der Waals surface area contributed by atoms with E-state index in [1.54, 1.807) is 0 Å². The van der Waals surface area contributed by atoms with Crippen molar-refractivity contribution in [3.63, 3.8) is 0 Å². The first-order chi connectivity index (χ1) is 6.56. The number of nitrogens with two attached hydrogens (primary N) is 1. The van der Waals surface area contributed by atoms with E-state index >= 15 is 0 Å². The van der Waals surface area contributed by atoms with Crippen molar-refractivity contribution in [3.8, 4) is 0 Å². The first kappa shape index (κ1) is 11.2. The predicted molar refractivity (Wildman–Crippen MR) is 62.5 cm³/mol. The van der Waals surface area contributed by atoms with Crippen molar-refractivity contribution in [1.82, 2.24) is 9.97 Å². The van der Waals surface area contributed by atoms with Crippen LogP contribution in [0.1, 0.15) is 19.0 Å². The van der Waals surface area contributed by atoms with Crippen LogP contribution in [-0.4, -0.2) is 24.1 Å². The van der Waals surface area contributed by atoms with E-state index in [9.17, 15) is 0 Å². The maximum Gasteiger partial charge on any atom is 0.227 e. The van der Waals surface area contributed by atoms with Crippen LogP contribution in [0.25, 0.3) is 0 Å². The average Bonchev–Trinajstić information content (AvgIpc) is 2.12. The summed E-state index contributed by atoms with van der Waals surface area (Å²) >= 11 is 3.40. The molecule has 0 aliphatic carbocycles. The SMILES string of the molecule is CCCc1nc(N(C)C)nc(N)c1Br. The molecular weight excluding hydrogens is 244 g/mol. The Balaban J connectivity index is 3.14. The van der Waals surface area contributed by atoms with Gasteiger partial charge in [-0.1, -0.05) is 13.3 Å². The number of aromatic nitrogens is 2. The molecule has 5 heteroatoms. The molecular formula is C9H15BrN4. The fraction of sp³-hybridized carbons (Fsp3) is 0.556. The van der Waals surface area contributed by atoms with Gasteiger partial charge in [-0.2, -0.15) is 4.98 Å². The molecule has 0 bridgehead atoms. The highest BCUT2D eigenvalue weighted by Crippen LogP contribution is 2.24. The second-order valence-electron chi connectivity index (χ2n) is 3.31. The van der Waals surface area contributed by atoms with Crippen molar-refractivity contribution >= 4 is 27.7 Å². The third-order valence-corrected chi connectivity index (χ3v) is 2.68. The highest BCUT2D eigenvalue weighted by Gasteiger charge is 2.10. The van der Waals surface area contributed by atoms with Crippen LogP contribution in [-0.2, 0) is 6.42 Å². The van der Waals surface area contributed by atoms with Crippen molar-refractivity contribution in [3.05, 3.63) is 10.2 Å². The summed E-state index contributed by atoms with van der Waals surface area (Å²) in [5.41, 5.74) is 6.74. The molecule has 1 rings (SSSR count). The third kappa shape index (κ3) is 2.35. The summed E-state index contributed by atoms with van der Waals surface area (Å²) in [5, 5.41) is 0. The third-order valence-electron chi connectivity index (χ3n) is 1.82. The average molecular weight is 259 g/mol. The van der Waals surface area contributed by atoms with E-state index in [0.717, 1.165) is 23.0 Å². The molecule has 0 fully saturated rings. The monoisotopic (exact) mass is 258 g/mol. The van der Waals surface area contributed by atoms with Crippen LogP contribution in [0.5, 0.6) is 0 Å². The highest BCUT2D eigenvalue weighted by molar-refractivity contribution is 9.10. The zero-order chi connectivity index (χ0) is 10.7. The van der Waals surface area contributed by atoms with Gasteiger partial charge in [0.2, 0.25) is 5.95 Å². The Labute approximate surface area is 92.7 Å². The van der Waals surface area contributed by atoms with Gasteiger partial charge < -0.3 is 10.6 Å². The molecule has 0 aromatic carbocycles. The lowest BCUT2D eigenvalue weighted by molar-refractivity contribution is 0.855. The van der Waals surface area contributed by atoms with Crippen LogP contribution in [0.15, 0.2) is 4.47 Å². The largest absolute Gasteiger partial charge is 0.383 e. The zero-order valence-electron chi connectivity index (χ0n) is 8.71. The molecule has 4 nitrogen and oxygen atoms in total. The summed E-state index contributed by atoms with van der Waals surface area (Å²) in [4.78, 5) is 10.4. The molecule has 1 heterocycles. The van der Waals surface area contributed by atoms with Gasteiger partial charge in [0.25, 0.3) is 0 Å². The summed E-state index contributed by atoms with van der Waals surface area (Å²) in [6.07, 6.45) is 1.95. The zero-order valence-corrected chi connectivity index (χ0v) is 10.3. The molecule has 0 spiro atoms. The van der Waals surface area contributed by atoms with Gasteiger partial charge in [-0.3, -0.25) is 0 Å². The summed E-state index contributed by atoms with van der Waals surface area (Å²) in [7, 11) is 3.80. The summed E-state index contributed by atoms with van der Waals surface area (Å²) in [6, 6.07) is 0. The highest BCUT2D eigenvalue weighted by atomic mass is 79.9. The molecule has 2 N–H and O–H groups in total. The van der Waals surface area contributed by atoms with Crippen LogP contribution in [0.2, 0.25) is 0 Å². The minimum absolute atomic E-state index is 0.507. The molecule has 0 amide bonds. The van der Waals surface area contributed by atoms with Crippen molar-refractivity contribution in [1.29, 1.82) is 0 Å². The number of hydrogen-bond acceptors (Lipinski definition) is 4. The molecule has 0 aliphatic rings. The minimum atomic E-state index is 0.507. The van der Waals surface area contributed by atoms with E-state index in [1.165, 1.54) is 0 Å². The molecule has 0 saturated carbocycles. The van der Waals surface area contributed by atoms with Crippen molar-refractivity contribution in [2.45, 2.75) is 19.8 Å². The van der Waals surface area contributed by atoms with Crippen molar-refractivity contribution < 1.29 is 0 Å². The first-order valence-corrected chi connectivity index (χ1v) is 5.34. The fourth-order valence-electron chi connectivity index (χ4n) is 1.10. The summed E-state index contributed by atoms with van der Waals surface area (Å²) in [6.45, 7) is 2.11. The number of hydrogen-bond donors (Lipinski definition) is 1. The molecule has 14 heavy (non-hydrogen) atoms. The molecule has 1 aromatic rings. The Hall–Kier alpha value is -0.840. The number of aryl methyl sites for hydroxylation is 1. The molecule has 78 valence electrons. The maximum atomic E-state index is 5.76. The van der Waals surface area contributed by atoms with E-state index in [2.05, 4.69) is 32.8 Å². The Morgan fingerprint density at radius 1 is 1.36 bits per heavy atom. The standard InChI is InChI=1S/C9H15BrN4/c1-4-5-6-7(10)8(11)13-9(12-6)14(2)3/h4-5H2,1-3H3,(H2,11,12,13). The van der Waals surface area contributed by atoms with Crippen molar-refractivity contribution in [2.75, 3.05) is 24.7 Å². The van der Waals surface area contributed by atoms with E-state index in [-0.39, 0.29) is 0 Å². The number of nitrogen functional groups attached to an aromatic ring is 1. The van der Waals surface area contributed by atoms with E-state index < -0.39 is 0 Å². The summed E-state index contributed by atoms with van der Waals surface area (Å²) in [5.74, 6) is 1.17. The van der Waals surface area contributed by atoms with Crippen LogP contribution in [0, 0.1) is 0 Å². The van der Waals surface area contributed by atoms with Gasteiger partial charge >= 0.3 is 0 Å². The van der Waals surface area contributed by atoms with Crippen LogP contribution < -0.4 is 10.6 Å². The van der Waals surface area contributed by atoms with Crippen LogP contribution in [0.4, 0.5) is 11.8 Å². The quantitative estimate of drug-likeness (QED) is 0.899. The van der Waals surface area contributed by atoms with E-state index in [4.69, 9.17) is 5.73 Å². The Morgan fingerprint density at radius 2 is 2.00 bits per heavy atom. The van der Waals surface area contributed by atoms with E-state index in [0.29, 0.717) is 11.8 Å². The van der Waals surface area contributed by atoms with Crippen LogP contribution >= 0.6 is 15.9 Å². The van der Waals surface area contributed by atoms with Gasteiger partial charge in [0.1, 0.15) is 5.82 Å². The number of nitrogens with zero attached hydrogens (tertiary/aromatic N) is 3. The smallest absolute Gasteiger partial charge is 0.227 e. The lowest BCUT2D eigenvalue weighted by Gasteiger charge is -2.13. The maximum absolute atomic E-state index is 5.76. The first-order valence-electron chi connectivity index (χ1n) is 4.55. The molecule has 0 atom stereocenters. The van der Waals surface area contributed by atoms with Gasteiger partial charge in [-0.25, -0.2) is 4.98 Å². The number of anilines is 2.